The van der Waals surface area contributed by atoms with Gasteiger partial charge >= 0.3 is 0 Å². The minimum atomic E-state index is 0.321. The Kier molecular flexibility index (Phi) is 3.10. The molecule has 5 nitrogen and oxygen atoms in total. The third kappa shape index (κ3) is 2.22. The molecule has 0 amide bonds. The monoisotopic (exact) mass is 267 g/mol. The van der Waals surface area contributed by atoms with Gasteiger partial charge in [0.25, 0.3) is 0 Å². The minimum Gasteiger partial charge on any atom is -0.338 e. The Bertz CT molecular complexity index is 745. The van der Waals surface area contributed by atoms with Crippen molar-refractivity contribution in [3.63, 3.8) is 0 Å². The third-order valence-electron chi connectivity index (χ3n) is 3.20. The van der Waals surface area contributed by atoms with Crippen LogP contribution in [-0.2, 0) is 0 Å². The summed E-state index contributed by atoms with van der Waals surface area (Å²) in [5.41, 5.74) is 3.85. The van der Waals surface area contributed by atoms with Crippen LogP contribution in [0.5, 0.6) is 0 Å². The Labute approximate surface area is 117 Å². The molecule has 0 aliphatic carbocycles. The number of nitrogens with one attached hydrogen (secondary N) is 1. The minimum absolute atomic E-state index is 0.321. The van der Waals surface area contributed by atoms with Gasteiger partial charge in [-0.05, 0) is 38.5 Å². The summed E-state index contributed by atoms with van der Waals surface area (Å²) >= 11 is 0. The molecule has 0 bridgehead atoms. The van der Waals surface area contributed by atoms with Crippen LogP contribution in [0.3, 0.4) is 0 Å². The molecule has 0 fully saturated rings. The van der Waals surface area contributed by atoms with E-state index in [1.54, 1.807) is 6.33 Å². The smallest absolute Gasteiger partial charge is 0.165 e. The van der Waals surface area contributed by atoms with Crippen molar-refractivity contribution < 1.29 is 0 Å². The van der Waals surface area contributed by atoms with Gasteiger partial charge in [0.1, 0.15) is 6.33 Å². The van der Waals surface area contributed by atoms with Crippen molar-refractivity contribution >= 4 is 22.7 Å². The maximum absolute atomic E-state index is 4.43. The van der Waals surface area contributed by atoms with Crippen LogP contribution in [0.1, 0.15) is 25.5 Å². The molecular formula is C15H17N5. The van der Waals surface area contributed by atoms with Crippen LogP contribution in [-0.4, -0.2) is 19.5 Å². The van der Waals surface area contributed by atoms with E-state index < -0.39 is 0 Å². The van der Waals surface area contributed by atoms with Crippen LogP contribution >= 0.6 is 0 Å². The Hall–Kier alpha value is -2.43. The zero-order valence-corrected chi connectivity index (χ0v) is 11.8. The summed E-state index contributed by atoms with van der Waals surface area (Å²) < 4.78 is 2.04. The van der Waals surface area contributed by atoms with E-state index in [1.807, 2.05) is 23.0 Å². The molecule has 0 unspecified atom stereocenters. The van der Waals surface area contributed by atoms with Crippen molar-refractivity contribution in [1.82, 2.24) is 19.5 Å². The molecule has 0 aliphatic heterocycles. The molecule has 0 atom stereocenters. The predicted octanol–water partition coefficient (Wildman–Crippen LogP) is 3.46. The lowest BCUT2D eigenvalue weighted by Crippen LogP contribution is -2.01. The van der Waals surface area contributed by atoms with Crippen molar-refractivity contribution in [2.75, 3.05) is 5.32 Å². The Balaban J connectivity index is 2.04. The fraction of sp³-hybridized carbons (Fsp3) is 0.267. The van der Waals surface area contributed by atoms with E-state index in [0.717, 1.165) is 22.7 Å². The van der Waals surface area contributed by atoms with Gasteiger partial charge in [0, 0.05) is 11.7 Å². The molecule has 2 heterocycles. The summed E-state index contributed by atoms with van der Waals surface area (Å²) in [5, 5.41) is 3.31. The van der Waals surface area contributed by atoms with Gasteiger partial charge in [-0.1, -0.05) is 12.1 Å². The molecule has 3 aromatic rings. The fourth-order valence-corrected chi connectivity index (χ4v) is 2.18. The normalized spacial score (nSPS) is 11.2. The molecule has 5 heteroatoms. The van der Waals surface area contributed by atoms with Crippen molar-refractivity contribution in [3.8, 4) is 0 Å². The number of benzene rings is 1. The molecule has 2 aromatic heterocycles. The summed E-state index contributed by atoms with van der Waals surface area (Å²) in [4.78, 5) is 13.1. The molecule has 1 N–H and O–H groups in total. The summed E-state index contributed by atoms with van der Waals surface area (Å²) in [6.07, 6.45) is 3.38. The van der Waals surface area contributed by atoms with Gasteiger partial charge in [-0.2, -0.15) is 0 Å². The molecule has 0 radical (unpaired) electrons. The van der Waals surface area contributed by atoms with Gasteiger partial charge in [0.05, 0.1) is 6.33 Å². The number of aryl methyl sites for hydroxylation is 1. The first-order valence-corrected chi connectivity index (χ1v) is 6.66. The molecule has 1 aromatic carbocycles. The van der Waals surface area contributed by atoms with Crippen LogP contribution in [0.25, 0.3) is 11.2 Å². The van der Waals surface area contributed by atoms with E-state index in [2.05, 4.69) is 53.2 Å². The van der Waals surface area contributed by atoms with E-state index in [1.165, 1.54) is 5.56 Å². The lowest BCUT2D eigenvalue weighted by atomic mass is 10.2. The lowest BCUT2D eigenvalue weighted by molar-refractivity contribution is 0.612. The van der Waals surface area contributed by atoms with Crippen LogP contribution in [0.4, 0.5) is 11.5 Å². The highest BCUT2D eigenvalue weighted by Crippen LogP contribution is 2.23. The number of nitrogens with zero attached hydrogens (tertiary/aromatic N) is 4. The van der Waals surface area contributed by atoms with Gasteiger partial charge in [-0.3, -0.25) is 0 Å². The van der Waals surface area contributed by atoms with Crippen LogP contribution in [0.15, 0.2) is 36.9 Å². The largest absolute Gasteiger partial charge is 0.338 e. The van der Waals surface area contributed by atoms with E-state index >= 15 is 0 Å². The van der Waals surface area contributed by atoms with Crippen LogP contribution in [0, 0.1) is 6.92 Å². The highest BCUT2D eigenvalue weighted by atomic mass is 15.2. The van der Waals surface area contributed by atoms with Gasteiger partial charge in [0.2, 0.25) is 0 Å². The number of imidazole rings is 1. The van der Waals surface area contributed by atoms with Gasteiger partial charge in [-0.15, -0.1) is 0 Å². The maximum atomic E-state index is 4.43. The van der Waals surface area contributed by atoms with E-state index in [4.69, 9.17) is 0 Å². The second-order valence-corrected chi connectivity index (χ2v) is 5.13. The molecule has 0 saturated carbocycles. The number of anilines is 2. The van der Waals surface area contributed by atoms with Crippen LogP contribution < -0.4 is 5.32 Å². The van der Waals surface area contributed by atoms with Crippen LogP contribution in [0.2, 0.25) is 0 Å². The number of hydrogen-bond donors (Lipinski definition) is 1. The quantitative estimate of drug-likeness (QED) is 0.789. The molecule has 0 aliphatic rings. The summed E-state index contributed by atoms with van der Waals surface area (Å²) in [5.74, 6) is 0.736. The maximum Gasteiger partial charge on any atom is 0.165 e. The number of rotatable bonds is 3. The highest BCUT2D eigenvalue weighted by molar-refractivity contribution is 5.85. The van der Waals surface area contributed by atoms with Gasteiger partial charge in [0.15, 0.2) is 17.0 Å². The zero-order valence-electron chi connectivity index (χ0n) is 11.8. The molecule has 0 saturated heterocycles. The number of fused-ring (bicyclic) bond motifs is 1. The van der Waals surface area contributed by atoms with Gasteiger partial charge in [-0.25, -0.2) is 15.0 Å². The summed E-state index contributed by atoms with van der Waals surface area (Å²) in [7, 11) is 0. The first-order chi connectivity index (χ1) is 9.65. The average molecular weight is 267 g/mol. The second kappa shape index (κ2) is 4.92. The first kappa shape index (κ1) is 12.6. The van der Waals surface area contributed by atoms with Crippen molar-refractivity contribution in [3.05, 3.63) is 42.5 Å². The molecule has 3 rings (SSSR count). The van der Waals surface area contributed by atoms with E-state index in [-0.39, 0.29) is 0 Å². The second-order valence-electron chi connectivity index (χ2n) is 5.13. The number of aromatic nitrogens is 4. The average Bonchev–Trinajstić information content (AvgIpc) is 2.84. The zero-order chi connectivity index (χ0) is 14.1. The van der Waals surface area contributed by atoms with Gasteiger partial charge < -0.3 is 9.88 Å². The van der Waals surface area contributed by atoms with Crippen molar-refractivity contribution in [2.45, 2.75) is 26.8 Å². The SMILES string of the molecule is Cc1cccc(Nc2ncnc3c2ncn3C(C)C)c1. The highest BCUT2D eigenvalue weighted by Gasteiger charge is 2.11. The van der Waals surface area contributed by atoms with E-state index in [0.29, 0.717) is 6.04 Å². The molecule has 102 valence electrons. The Morgan fingerprint density at radius 2 is 2.00 bits per heavy atom. The standard InChI is InChI=1S/C15H17N5/c1-10(2)20-9-18-13-14(16-8-17-15(13)20)19-12-6-4-5-11(3)7-12/h4-10H,1-3H3,(H,16,17,19). The Morgan fingerprint density at radius 1 is 1.15 bits per heavy atom. The third-order valence-corrected chi connectivity index (χ3v) is 3.20. The fourth-order valence-electron chi connectivity index (χ4n) is 2.18. The molecular weight excluding hydrogens is 250 g/mol. The van der Waals surface area contributed by atoms with Crippen molar-refractivity contribution in [2.24, 2.45) is 0 Å². The Morgan fingerprint density at radius 3 is 2.75 bits per heavy atom. The summed E-state index contributed by atoms with van der Waals surface area (Å²) in [6.45, 7) is 6.28. The predicted molar refractivity (Wildman–Crippen MR) is 80.2 cm³/mol. The first-order valence-electron chi connectivity index (χ1n) is 6.66. The summed E-state index contributed by atoms with van der Waals surface area (Å²) in [6, 6.07) is 8.49. The number of hydrogen-bond acceptors (Lipinski definition) is 4. The molecule has 0 spiro atoms. The molecule has 20 heavy (non-hydrogen) atoms. The van der Waals surface area contributed by atoms with E-state index in [9.17, 15) is 0 Å². The topological polar surface area (TPSA) is 55.6 Å². The lowest BCUT2D eigenvalue weighted by Gasteiger charge is -2.08. The van der Waals surface area contributed by atoms with Crippen molar-refractivity contribution in [1.29, 1.82) is 0 Å².